The van der Waals surface area contributed by atoms with Gasteiger partial charge < -0.3 is 4.90 Å². The molecule has 1 aromatic rings. The molecule has 1 saturated heterocycles. The molecule has 0 spiro atoms. The Morgan fingerprint density at radius 1 is 1.24 bits per heavy atom. The molecule has 2 rings (SSSR count). The molecule has 0 unspecified atom stereocenters. The molecular weight excluding hydrogens is 264 g/mol. The lowest BCUT2D eigenvalue weighted by Crippen LogP contribution is -2.46. The highest BCUT2D eigenvalue weighted by Crippen LogP contribution is 2.17. The number of hydrazine groups is 1. The van der Waals surface area contributed by atoms with Crippen LogP contribution in [0.25, 0.3) is 0 Å². The fraction of sp³-hybridized carbons (Fsp3) is 0.562. The lowest BCUT2D eigenvalue weighted by atomic mass is 10.1. The van der Waals surface area contributed by atoms with E-state index in [0.717, 1.165) is 45.6 Å². The molecule has 1 aliphatic heterocycles. The number of nitrogens with one attached hydrogen (secondary N) is 1. The summed E-state index contributed by atoms with van der Waals surface area (Å²) in [6.45, 7) is 7.55. The summed E-state index contributed by atoms with van der Waals surface area (Å²) in [5.41, 5.74) is 4.81. The molecule has 5 heteroatoms. The average molecular weight is 290 g/mol. The Morgan fingerprint density at radius 3 is 2.67 bits per heavy atom. The van der Waals surface area contributed by atoms with Crippen LogP contribution in [0.2, 0.25) is 0 Å². The van der Waals surface area contributed by atoms with Crippen molar-refractivity contribution in [2.45, 2.75) is 26.2 Å². The third kappa shape index (κ3) is 5.02. The van der Waals surface area contributed by atoms with Gasteiger partial charge in [0.25, 0.3) is 0 Å². The summed E-state index contributed by atoms with van der Waals surface area (Å²) in [5.74, 6) is 4.99. The van der Waals surface area contributed by atoms with Crippen LogP contribution in [0.4, 0.5) is 5.69 Å². The zero-order valence-corrected chi connectivity index (χ0v) is 12.8. The first-order valence-electron chi connectivity index (χ1n) is 7.72. The van der Waals surface area contributed by atoms with Crippen LogP contribution in [-0.2, 0) is 4.79 Å². The maximum Gasteiger partial charge on any atom is 0.233 e. The van der Waals surface area contributed by atoms with Gasteiger partial charge in [-0.1, -0.05) is 12.1 Å². The first-order chi connectivity index (χ1) is 10.2. The molecule has 5 nitrogen and oxygen atoms in total. The number of rotatable bonds is 6. The molecule has 1 aromatic carbocycles. The quantitative estimate of drug-likeness (QED) is 0.358. The number of nitrogens with two attached hydrogens (primary N) is 1. The summed E-state index contributed by atoms with van der Waals surface area (Å²) < 4.78 is 0. The summed E-state index contributed by atoms with van der Waals surface area (Å²) in [6.07, 6.45) is 2.48. The molecule has 1 heterocycles. The van der Waals surface area contributed by atoms with E-state index in [1.165, 1.54) is 11.3 Å². The van der Waals surface area contributed by atoms with Crippen LogP contribution in [-0.4, -0.2) is 43.5 Å². The van der Waals surface area contributed by atoms with Gasteiger partial charge in [-0.3, -0.25) is 15.1 Å². The summed E-state index contributed by atoms with van der Waals surface area (Å²) in [5, 5.41) is 0. The second kappa shape index (κ2) is 8.00. The monoisotopic (exact) mass is 290 g/mol. The van der Waals surface area contributed by atoms with Gasteiger partial charge in [0.1, 0.15) is 0 Å². The molecule has 21 heavy (non-hydrogen) atoms. The third-order valence-electron chi connectivity index (χ3n) is 4.03. The van der Waals surface area contributed by atoms with Crippen molar-refractivity contribution in [3.63, 3.8) is 0 Å². The maximum absolute atomic E-state index is 11.0. The number of benzene rings is 1. The van der Waals surface area contributed by atoms with E-state index in [0.29, 0.717) is 6.42 Å². The van der Waals surface area contributed by atoms with Gasteiger partial charge in [-0.15, -0.1) is 0 Å². The van der Waals surface area contributed by atoms with Crippen molar-refractivity contribution in [1.29, 1.82) is 0 Å². The highest BCUT2D eigenvalue weighted by molar-refractivity contribution is 5.75. The molecule has 1 amide bonds. The molecule has 116 valence electrons. The smallest absolute Gasteiger partial charge is 0.233 e. The highest BCUT2D eigenvalue weighted by atomic mass is 16.2. The van der Waals surface area contributed by atoms with Crippen LogP contribution in [0.1, 0.15) is 24.8 Å². The minimum atomic E-state index is -0.0701. The van der Waals surface area contributed by atoms with Crippen LogP contribution in [0, 0.1) is 6.92 Å². The second-order valence-corrected chi connectivity index (χ2v) is 5.69. The van der Waals surface area contributed by atoms with Gasteiger partial charge in [0, 0.05) is 38.3 Å². The Balaban J connectivity index is 1.67. The van der Waals surface area contributed by atoms with Crippen LogP contribution in [0.5, 0.6) is 0 Å². The number of carbonyl (C=O) groups is 1. The van der Waals surface area contributed by atoms with E-state index in [-0.39, 0.29) is 5.91 Å². The van der Waals surface area contributed by atoms with Crippen LogP contribution >= 0.6 is 0 Å². The van der Waals surface area contributed by atoms with E-state index in [4.69, 9.17) is 5.84 Å². The fourth-order valence-corrected chi connectivity index (χ4v) is 2.75. The number of piperazine rings is 1. The Bertz CT molecular complexity index is 455. The minimum absolute atomic E-state index is 0.0701. The molecular formula is C16H26N4O. The van der Waals surface area contributed by atoms with Crippen molar-refractivity contribution in [3.8, 4) is 0 Å². The van der Waals surface area contributed by atoms with E-state index >= 15 is 0 Å². The number of carbonyl (C=O) groups excluding carboxylic acids is 1. The van der Waals surface area contributed by atoms with Gasteiger partial charge >= 0.3 is 0 Å². The lowest BCUT2D eigenvalue weighted by molar-refractivity contribution is -0.121. The third-order valence-corrected chi connectivity index (χ3v) is 4.03. The number of aryl methyl sites for hydroxylation is 1. The molecule has 0 atom stereocenters. The van der Waals surface area contributed by atoms with E-state index < -0.39 is 0 Å². The Morgan fingerprint density at radius 2 is 2.00 bits per heavy atom. The first kappa shape index (κ1) is 15.8. The zero-order valence-electron chi connectivity index (χ0n) is 12.8. The van der Waals surface area contributed by atoms with Crippen LogP contribution in [0.15, 0.2) is 24.3 Å². The Labute approximate surface area is 127 Å². The standard InChI is InChI=1S/C16H26N4O/c1-14-5-4-6-15(13-14)20-11-9-19(10-12-20)8-3-2-7-16(21)18-17/h4-6,13H,2-3,7-12,17H2,1H3,(H,18,21). The number of unbranched alkanes of at least 4 members (excludes halogenated alkanes) is 1. The number of nitrogens with zero attached hydrogens (tertiary/aromatic N) is 2. The van der Waals surface area contributed by atoms with Crippen molar-refractivity contribution < 1.29 is 4.79 Å². The van der Waals surface area contributed by atoms with Crippen molar-refractivity contribution in [2.75, 3.05) is 37.6 Å². The minimum Gasteiger partial charge on any atom is -0.369 e. The van der Waals surface area contributed by atoms with E-state index in [2.05, 4.69) is 46.4 Å². The summed E-state index contributed by atoms with van der Waals surface area (Å²) in [6, 6.07) is 8.70. The maximum atomic E-state index is 11.0. The number of hydrogen-bond acceptors (Lipinski definition) is 4. The summed E-state index contributed by atoms with van der Waals surface area (Å²) >= 11 is 0. The Hall–Kier alpha value is -1.59. The largest absolute Gasteiger partial charge is 0.369 e. The van der Waals surface area contributed by atoms with Gasteiger partial charge in [-0.05, 0) is 44.0 Å². The van der Waals surface area contributed by atoms with E-state index in [1.54, 1.807) is 0 Å². The predicted octanol–water partition coefficient (Wildman–Crippen LogP) is 1.28. The number of hydrogen-bond donors (Lipinski definition) is 2. The molecule has 3 N–H and O–H groups in total. The molecule has 1 aliphatic rings. The van der Waals surface area contributed by atoms with Crippen LogP contribution < -0.4 is 16.2 Å². The fourth-order valence-electron chi connectivity index (χ4n) is 2.75. The molecule has 0 saturated carbocycles. The van der Waals surface area contributed by atoms with Crippen molar-refractivity contribution in [2.24, 2.45) is 5.84 Å². The van der Waals surface area contributed by atoms with Crippen molar-refractivity contribution in [3.05, 3.63) is 29.8 Å². The zero-order chi connectivity index (χ0) is 15.1. The van der Waals surface area contributed by atoms with Crippen molar-refractivity contribution in [1.82, 2.24) is 10.3 Å². The lowest BCUT2D eigenvalue weighted by Gasteiger charge is -2.36. The summed E-state index contributed by atoms with van der Waals surface area (Å²) in [4.78, 5) is 16.0. The molecule has 0 aromatic heterocycles. The number of amides is 1. The Kier molecular flexibility index (Phi) is 6.02. The highest BCUT2D eigenvalue weighted by Gasteiger charge is 2.16. The van der Waals surface area contributed by atoms with Gasteiger partial charge in [-0.2, -0.15) is 0 Å². The molecule has 0 radical (unpaired) electrons. The number of anilines is 1. The van der Waals surface area contributed by atoms with Crippen molar-refractivity contribution >= 4 is 11.6 Å². The van der Waals surface area contributed by atoms with Gasteiger partial charge in [0.2, 0.25) is 5.91 Å². The molecule has 0 bridgehead atoms. The van der Waals surface area contributed by atoms with Gasteiger partial charge in [0.15, 0.2) is 0 Å². The first-order valence-corrected chi connectivity index (χ1v) is 7.72. The van der Waals surface area contributed by atoms with E-state index in [9.17, 15) is 4.79 Å². The van der Waals surface area contributed by atoms with Crippen LogP contribution in [0.3, 0.4) is 0 Å². The SMILES string of the molecule is Cc1cccc(N2CCN(CCCCC(=O)NN)CC2)c1. The predicted molar refractivity (Wildman–Crippen MR) is 86.0 cm³/mol. The molecule has 0 aliphatic carbocycles. The van der Waals surface area contributed by atoms with Gasteiger partial charge in [0.05, 0.1) is 0 Å². The summed E-state index contributed by atoms with van der Waals surface area (Å²) in [7, 11) is 0. The van der Waals surface area contributed by atoms with E-state index in [1.807, 2.05) is 0 Å². The second-order valence-electron chi connectivity index (χ2n) is 5.69. The topological polar surface area (TPSA) is 61.6 Å². The average Bonchev–Trinajstić information content (AvgIpc) is 2.52. The normalized spacial score (nSPS) is 16.0. The van der Waals surface area contributed by atoms with Gasteiger partial charge in [-0.25, -0.2) is 5.84 Å². The molecule has 1 fully saturated rings.